The first-order valence-corrected chi connectivity index (χ1v) is 7.71. The van der Waals surface area contributed by atoms with Gasteiger partial charge in [0.2, 0.25) is 0 Å². The van der Waals surface area contributed by atoms with Gasteiger partial charge in [0.1, 0.15) is 5.60 Å². The topological polar surface area (TPSA) is 63.6 Å². The van der Waals surface area contributed by atoms with Gasteiger partial charge in [0.05, 0.1) is 5.57 Å². The van der Waals surface area contributed by atoms with Crippen molar-refractivity contribution in [2.24, 2.45) is 17.8 Å². The zero-order valence-electron chi connectivity index (χ0n) is 12.4. The first-order valence-electron chi connectivity index (χ1n) is 7.71. The molecule has 0 saturated heterocycles. The summed E-state index contributed by atoms with van der Waals surface area (Å²) >= 11 is 0. The Hall–Kier alpha value is -1.58. The molecule has 0 aliphatic heterocycles. The minimum absolute atomic E-state index is 0.0995. The predicted molar refractivity (Wildman–Crippen MR) is 77.5 cm³/mol. The van der Waals surface area contributed by atoms with E-state index in [-0.39, 0.29) is 16.7 Å². The molecule has 1 N–H and O–H groups in total. The molecule has 4 rings (SSSR count). The van der Waals surface area contributed by atoms with E-state index >= 15 is 0 Å². The number of esters is 1. The van der Waals surface area contributed by atoms with Crippen LogP contribution in [0.2, 0.25) is 0 Å². The summed E-state index contributed by atoms with van der Waals surface area (Å²) in [5, 5.41) is 8.85. The number of aliphatic carboxylic acids is 1. The van der Waals surface area contributed by atoms with Crippen molar-refractivity contribution in [3.05, 3.63) is 23.8 Å². The zero-order chi connectivity index (χ0) is 15.2. The maximum absolute atomic E-state index is 12.2. The molecule has 21 heavy (non-hydrogen) atoms. The molecule has 4 saturated carbocycles. The minimum atomic E-state index is -1.04. The number of carboxylic acids is 1. The van der Waals surface area contributed by atoms with Crippen LogP contribution in [0.15, 0.2) is 23.8 Å². The van der Waals surface area contributed by atoms with Crippen LogP contribution in [0.1, 0.15) is 45.4 Å². The molecule has 4 aliphatic rings. The van der Waals surface area contributed by atoms with Gasteiger partial charge >= 0.3 is 11.9 Å². The summed E-state index contributed by atoms with van der Waals surface area (Å²) < 4.78 is 5.82. The lowest BCUT2D eigenvalue weighted by molar-refractivity contribution is -0.181. The highest BCUT2D eigenvalue weighted by atomic mass is 16.6. The number of carbonyl (C=O) groups excluding carboxylic acids is 1. The third kappa shape index (κ3) is 2.76. The van der Waals surface area contributed by atoms with Crippen molar-refractivity contribution in [1.29, 1.82) is 0 Å². The third-order valence-corrected chi connectivity index (χ3v) is 5.28. The standard InChI is InChI=1S/C17H22O4/c1-10(15(18)19)3-11(2)16(20)21-17-7-12-4-13(8-17)6-14(5-12)9-17/h3,12-14H,2,4-9H2,1H3,(H,18,19). The Bertz CT molecular complexity index is 494. The van der Waals surface area contributed by atoms with Gasteiger partial charge in [-0.15, -0.1) is 0 Å². The van der Waals surface area contributed by atoms with Crippen LogP contribution in [0.4, 0.5) is 0 Å². The Morgan fingerprint density at radius 3 is 2.05 bits per heavy atom. The SMILES string of the molecule is C=C(C=C(C)C(=O)O)C(=O)OC12CC3CC(CC(C3)C1)C2. The van der Waals surface area contributed by atoms with E-state index in [2.05, 4.69) is 6.58 Å². The van der Waals surface area contributed by atoms with E-state index in [0.29, 0.717) is 17.8 Å². The molecule has 0 radical (unpaired) electrons. The van der Waals surface area contributed by atoms with Crippen molar-refractivity contribution in [2.45, 2.75) is 51.0 Å². The first-order chi connectivity index (χ1) is 9.87. The summed E-state index contributed by atoms with van der Waals surface area (Å²) in [5.41, 5.74) is -0.0761. The van der Waals surface area contributed by atoms with Crippen LogP contribution in [0.3, 0.4) is 0 Å². The molecule has 4 heteroatoms. The maximum Gasteiger partial charge on any atom is 0.338 e. The molecule has 0 heterocycles. The molecule has 0 atom stereocenters. The van der Waals surface area contributed by atoms with Gasteiger partial charge < -0.3 is 9.84 Å². The fourth-order valence-corrected chi connectivity index (χ4v) is 4.80. The quantitative estimate of drug-likeness (QED) is 0.491. The smallest absolute Gasteiger partial charge is 0.338 e. The molecule has 0 spiro atoms. The molecule has 0 aromatic carbocycles. The van der Waals surface area contributed by atoms with E-state index in [1.165, 1.54) is 32.3 Å². The lowest BCUT2D eigenvalue weighted by Gasteiger charge is -2.55. The van der Waals surface area contributed by atoms with Crippen LogP contribution in [-0.2, 0) is 14.3 Å². The van der Waals surface area contributed by atoms with Gasteiger partial charge in [-0.25, -0.2) is 9.59 Å². The van der Waals surface area contributed by atoms with Gasteiger partial charge in [-0.05, 0) is 69.3 Å². The molecule has 4 nitrogen and oxygen atoms in total. The molecule has 0 aromatic heterocycles. The van der Waals surface area contributed by atoms with Gasteiger partial charge in [-0.2, -0.15) is 0 Å². The molecule has 4 fully saturated rings. The summed E-state index contributed by atoms with van der Waals surface area (Å²) in [5.74, 6) is 0.604. The average Bonchev–Trinajstić information content (AvgIpc) is 2.35. The summed E-state index contributed by atoms with van der Waals surface area (Å²) in [4.78, 5) is 23.0. The van der Waals surface area contributed by atoms with Gasteiger partial charge in [0.25, 0.3) is 0 Å². The van der Waals surface area contributed by atoms with E-state index in [1.54, 1.807) is 0 Å². The Morgan fingerprint density at radius 1 is 1.14 bits per heavy atom. The molecular formula is C17H22O4. The second-order valence-corrected chi connectivity index (χ2v) is 7.15. The largest absolute Gasteiger partial charge is 0.478 e. The van der Waals surface area contributed by atoms with Crippen LogP contribution in [0.5, 0.6) is 0 Å². The predicted octanol–water partition coefficient (Wildman–Crippen LogP) is 3.09. The van der Waals surface area contributed by atoms with Crippen molar-refractivity contribution in [2.75, 3.05) is 0 Å². The summed E-state index contributed by atoms with van der Waals surface area (Å²) in [6, 6.07) is 0. The Balaban J connectivity index is 1.69. The highest BCUT2D eigenvalue weighted by molar-refractivity contribution is 5.95. The fourth-order valence-electron chi connectivity index (χ4n) is 4.80. The van der Waals surface area contributed by atoms with E-state index in [0.717, 1.165) is 19.3 Å². The number of carboxylic acid groups (broad SMARTS) is 1. The first kappa shape index (κ1) is 14.4. The second kappa shape index (κ2) is 5.00. The number of hydrogen-bond acceptors (Lipinski definition) is 3. The van der Waals surface area contributed by atoms with E-state index in [4.69, 9.17) is 9.84 Å². The summed E-state index contributed by atoms with van der Waals surface area (Å²) in [6.07, 6.45) is 8.07. The average molecular weight is 290 g/mol. The fraction of sp³-hybridized carbons (Fsp3) is 0.647. The van der Waals surface area contributed by atoms with Crippen molar-refractivity contribution in [3.63, 3.8) is 0 Å². The number of hydrogen-bond donors (Lipinski definition) is 1. The maximum atomic E-state index is 12.2. The van der Waals surface area contributed by atoms with E-state index in [1.807, 2.05) is 0 Å². The number of carbonyl (C=O) groups is 2. The van der Waals surface area contributed by atoms with Crippen molar-refractivity contribution < 1.29 is 19.4 Å². The lowest BCUT2D eigenvalue weighted by atomic mass is 9.54. The van der Waals surface area contributed by atoms with Crippen molar-refractivity contribution in [3.8, 4) is 0 Å². The molecular weight excluding hydrogens is 268 g/mol. The highest BCUT2D eigenvalue weighted by Crippen LogP contribution is 2.57. The van der Waals surface area contributed by atoms with Gasteiger partial charge in [-0.3, -0.25) is 0 Å². The van der Waals surface area contributed by atoms with Crippen LogP contribution >= 0.6 is 0 Å². The van der Waals surface area contributed by atoms with Gasteiger partial charge in [0, 0.05) is 5.57 Å². The third-order valence-electron chi connectivity index (χ3n) is 5.28. The zero-order valence-corrected chi connectivity index (χ0v) is 12.4. The van der Waals surface area contributed by atoms with Gasteiger partial charge in [-0.1, -0.05) is 6.58 Å². The molecule has 114 valence electrons. The second-order valence-electron chi connectivity index (χ2n) is 7.15. The molecule has 0 unspecified atom stereocenters. The van der Waals surface area contributed by atoms with E-state index in [9.17, 15) is 9.59 Å². The minimum Gasteiger partial charge on any atom is -0.478 e. The number of rotatable bonds is 4. The molecule has 0 aromatic rings. The normalized spacial score (nSPS) is 37.4. The monoisotopic (exact) mass is 290 g/mol. The Morgan fingerprint density at radius 2 is 1.62 bits per heavy atom. The molecule has 0 amide bonds. The Labute approximate surface area is 124 Å². The summed E-state index contributed by atoms with van der Waals surface area (Å²) in [6.45, 7) is 5.11. The number of ether oxygens (including phenoxy) is 1. The van der Waals surface area contributed by atoms with Crippen molar-refractivity contribution >= 4 is 11.9 Å². The van der Waals surface area contributed by atoms with Gasteiger partial charge in [0.15, 0.2) is 0 Å². The van der Waals surface area contributed by atoms with Crippen LogP contribution in [0.25, 0.3) is 0 Å². The summed E-state index contributed by atoms with van der Waals surface area (Å²) in [7, 11) is 0. The lowest BCUT2D eigenvalue weighted by Crippen LogP contribution is -2.52. The van der Waals surface area contributed by atoms with E-state index < -0.39 is 11.9 Å². The Kier molecular flexibility index (Phi) is 3.42. The molecule has 4 aliphatic carbocycles. The van der Waals surface area contributed by atoms with Crippen LogP contribution in [0, 0.1) is 17.8 Å². The molecule has 4 bridgehead atoms. The van der Waals surface area contributed by atoms with Crippen LogP contribution in [-0.4, -0.2) is 22.6 Å². The van der Waals surface area contributed by atoms with Crippen molar-refractivity contribution in [1.82, 2.24) is 0 Å². The van der Waals surface area contributed by atoms with Crippen LogP contribution < -0.4 is 0 Å². The highest BCUT2D eigenvalue weighted by Gasteiger charge is 2.53.